The van der Waals surface area contributed by atoms with Crippen molar-refractivity contribution in [1.82, 2.24) is 0 Å². The molecule has 0 aromatic heterocycles. The fourth-order valence-corrected chi connectivity index (χ4v) is 1.80. The molecular weight excluding hydrogens is 202 g/mol. The summed E-state index contributed by atoms with van der Waals surface area (Å²) in [7, 11) is 0. The fraction of sp³-hybridized carbons (Fsp3) is 0.385. The summed E-state index contributed by atoms with van der Waals surface area (Å²) in [6, 6.07) is 5.53. The second-order valence-electron chi connectivity index (χ2n) is 3.89. The highest BCUT2D eigenvalue weighted by Gasteiger charge is 2.20. The monoisotopic (exact) mass is 219 g/mol. The smallest absolute Gasteiger partial charge is 0.258 e. The van der Waals surface area contributed by atoms with E-state index in [4.69, 9.17) is 0 Å². The molecule has 0 bridgehead atoms. The van der Waals surface area contributed by atoms with E-state index in [-0.39, 0.29) is 16.5 Å². The predicted octanol–water partition coefficient (Wildman–Crippen LogP) is 3.84. The molecule has 1 aromatic carbocycles. The Morgan fingerprint density at radius 2 is 2.25 bits per heavy atom. The van der Waals surface area contributed by atoms with Crippen molar-refractivity contribution < 1.29 is 4.92 Å². The molecule has 0 aliphatic heterocycles. The minimum Gasteiger partial charge on any atom is -0.258 e. The van der Waals surface area contributed by atoms with Gasteiger partial charge in [0.15, 0.2) is 0 Å². The molecule has 1 atom stereocenters. The lowest BCUT2D eigenvalue weighted by atomic mass is 9.95. The number of nitro groups is 1. The van der Waals surface area contributed by atoms with Gasteiger partial charge in [-0.05, 0) is 6.42 Å². The molecule has 0 aliphatic carbocycles. The van der Waals surface area contributed by atoms with E-state index >= 15 is 0 Å². The van der Waals surface area contributed by atoms with E-state index in [0.29, 0.717) is 0 Å². The van der Waals surface area contributed by atoms with Gasteiger partial charge in [-0.25, -0.2) is 0 Å². The molecule has 0 saturated carbocycles. The van der Waals surface area contributed by atoms with Crippen LogP contribution in [-0.4, -0.2) is 4.92 Å². The topological polar surface area (TPSA) is 43.1 Å². The molecule has 0 N–H and O–H groups in total. The van der Waals surface area contributed by atoms with Crippen LogP contribution in [0.3, 0.4) is 0 Å². The SMILES string of the molecule is C=CC(C)c1cccc(CCC)c1[N+](=O)[O-]. The third kappa shape index (κ3) is 2.48. The Hall–Kier alpha value is -1.64. The van der Waals surface area contributed by atoms with Crippen LogP contribution in [0, 0.1) is 10.1 Å². The van der Waals surface area contributed by atoms with E-state index in [1.165, 1.54) is 0 Å². The van der Waals surface area contributed by atoms with Gasteiger partial charge >= 0.3 is 0 Å². The van der Waals surface area contributed by atoms with Gasteiger partial charge in [0.2, 0.25) is 0 Å². The molecule has 3 nitrogen and oxygen atoms in total. The van der Waals surface area contributed by atoms with Crippen LogP contribution < -0.4 is 0 Å². The van der Waals surface area contributed by atoms with E-state index in [2.05, 4.69) is 6.58 Å². The van der Waals surface area contributed by atoms with Gasteiger partial charge < -0.3 is 0 Å². The number of hydrogen-bond donors (Lipinski definition) is 0. The molecule has 0 aliphatic rings. The summed E-state index contributed by atoms with van der Waals surface area (Å²) in [5, 5.41) is 11.1. The van der Waals surface area contributed by atoms with Crippen molar-refractivity contribution in [3.8, 4) is 0 Å². The molecule has 3 heteroatoms. The number of nitro benzene ring substituents is 1. The van der Waals surface area contributed by atoms with E-state index in [1.54, 1.807) is 6.08 Å². The summed E-state index contributed by atoms with van der Waals surface area (Å²) in [6.45, 7) is 7.63. The quantitative estimate of drug-likeness (QED) is 0.429. The van der Waals surface area contributed by atoms with Gasteiger partial charge in [-0.15, -0.1) is 6.58 Å². The second-order valence-corrected chi connectivity index (χ2v) is 3.89. The minimum atomic E-state index is -0.277. The van der Waals surface area contributed by atoms with E-state index in [9.17, 15) is 10.1 Å². The van der Waals surface area contributed by atoms with Crippen molar-refractivity contribution in [1.29, 1.82) is 0 Å². The maximum absolute atomic E-state index is 11.1. The zero-order chi connectivity index (χ0) is 12.1. The van der Waals surface area contributed by atoms with Crippen LogP contribution >= 0.6 is 0 Å². The molecule has 0 radical (unpaired) electrons. The molecule has 0 heterocycles. The van der Waals surface area contributed by atoms with Crippen LogP contribution in [0.15, 0.2) is 30.9 Å². The van der Waals surface area contributed by atoms with Crippen LogP contribution in [-0.2, 0) is 6.42 Å². The van der Waals surface area contributed by atoms with Crippen LogP contribution in [0.5, 0.6) is 0 Å². The number of allylic oxidation sites excluding steroid dienone is 1. The van der Waals surface area contributed by atoms with Gasteiger partial charge in [-0.2, -0.15) is 0 Å². The lowest BCUT2D eigenvalue weighted by molar-refractivity contribution is -0.386. The zero-order valence-corrected chi connectivity index (χ0v) is 9.77. The Balaban J connectivity index is 3.31. The average Bonchev–Trinajstić information content (AvgIpc) is 2.27. The van der Waals surface area contributed by atoms with Gasteiger partial charge in [0.05, 0.1) is 4.92 Å². The molecule has 1 unspecified atom stereocenters. The third-order valence-electron chi connectivity index (χ3n) is 2.70. The van der Waals surface area contributed by atoms with Gasteiger partial charge in [-0.3, -0.25) is 10.1 Å². The summed E-state index contributed by atoms with van der Waals surface area (Å²) >= 11 is 0. The van der Waals surface area contributed by atoms with Crippen molar-refractivity contribution >= 4 is 5.69 Å². The predicted molar refractivity (Wildman–Crippen MR) is 65.7 cm³/mol. The number of benzene rings is 1. The van der Waals surface area contributed by atoms with Crippen LogP contribution in [0.1, 0.15) is 37.3 Å². The number of para-hydroxylation sites is 1. The average molecular weight is 219 g/mol. The molecule has 1 rings (SSSR count). The van der Waals surface area contributed by atoms with Crippen molar-refractivity contribution in [3.05, 3.63) is 52.1 Å². The lowest BCUT2D eigenvalue weighted by Gasteiger charge is -2.10. The summed E-state index contributed by atoms with van der Waals surface area (Å²) in [4.78, 5) is 10.8. The highest BCUT2D eigenvalue weighted by molar-refractivity contribution is 5.50. The molecule has 0 amide bonds. The Labute approximate surface area is 95.9 Å². The Kier molecular flexibility index (Phi) is 4.23. The van der Waals surface area contributed by atoms with Crippen molar-refractivity contribution in [2.45, 2.75) is 32.6 Å². The van der Waals surface area contributed by atoms with E-state index in [0.717, 1.165) is 24.0 Å². The molecule has 16 heavy (non-hydrogen) atoms. The molecule has 1 aromatic rings. The van der Waals surface area contributed by atoms with Crippen LogP contribution in [0.25, 0.3) is 0 Å². The van der Waals surface area contributed by atoms with Gasteiger partial charge in [-0.1, -0.05) is 44.5 Å². The largest absolute Gasteiger partial charge is 0.276 e. The maximum atomic E-state index is 11.1. The standard InChI is InChI=1S/C13H17NO2/c1-4-7-11-8-6-9-12(10(3)5-2)13(11)14(15)16/h5-6,8-10H,2,4,7H2,1,3H3. The highest BCUT2D eigenvalue weighted by Crippen LogP contribution is 2.31. The van der Waals surface area contributed by atoms with Crippen LogP contribution in [0.4, 0.5) is 5.69 Å². The van der Waals surface area contributed by atoms with Crippen molar-refractivity contribution in [2.75, 3.05) is 0 Å². The Morgan fingerprint density at radius 3 is 2.75 bits per heavy atom. The first-order valence-corrected chi connectivity index (χ1v) is 5.50. The summed E-state index contributed by atoms with van der Waals surface area (Å²) in [5.74, 6) is 0.0113. The molecular formula is C13H17NO2. The third-order valence-corrected chi connectivity index (χ3v) is 2.70. The normalized spacial score (nSPS) is 12.1. The first-order chi connectivity index (χ1) is 7.61. The van der Waals surface area contributed by atoms with Crippen molar-refractivity contribution in [3.63, 3.8) is 0 Å². The number of hydrogen-bond acceptors (Lipinski definition) is 2. The van der Waals surface area contributed by atoms with Gasteiger partial charge in [0.25, 0.3) is 5.69 Å². The maximum Gasteiger partial charge on any atom is 0.276 e. The summed E-state index contributed by atoms with van der Waals surface area (Å²) < 4.78 is 0. The molecule has 86 valence electrons. The van der Waals surface area contributed by atoms with Gasteiger partial charge in [0.1, 0.15) is 0 Å². The van der Waals surface area contributed by atoms with Crippen LogP contribution in [0.2, 0.25) is 0 Å². The van der Waals surface area contributed by atoms with E-state index in [1.807, 2.05) is 32.0 Å². The molecule has 0 saturated heterocycles. The first kappa shape index (κ1) is 12.4. The first-order valence-electron chi connectivity index (χ1n) is 5.50. The second kappa shape index (κ2) is 5.45. The molecule has 0 fully saturated rings. The Bertz CT molecular complexity index is 399. The fourth-order valence-electron chi connectivity index (χ4n) is 1.80. The summed E-state index contributed by atoms with van der Waals surface area (Å²) in [5.41, 5.74) is 1.83. The zero-order valence-electron chi connectivity index (χ0n) is 9.77. The molecule has 0 spiro atoms. The number of rotatable bonds is 5. The Morgan fingerprint density at radius 1 is 1.56 bits per heavy atom. The summed E-state index contributed by atoms with van der Waals surface area (Å²) in [6.07, 6.45) is 3.39. The minimum absolute atomic E-state index is 0.0113. The van der Waals surface area contributed by atoms with Gasteiger partial charge in [0, 0.05) is 17.0 Å². The lowest BCUT2D eigenvalue weighted by Crippen LogP contribution is -2.02. The number of aryl methyl sites for hydroxylation is 1. The number of nitrogens with zero attached hydrogens (tertiary/aromatic N) is 1. The van der Waals surface area contributed by atoms with Crippen molar-refractivity contribution in [2.24, 2.45) is 0 Å². The van der Waals surface area contributed by atoms with E-state index < -0.39 is 0 Å². The highest BCUT2D eigenvalue weighted by atomic mass is 16.6.